The Bertz CT molecular complexity index is 878. The Balaban J connectivity index is 2.25. The number of carbonyl (C=O) groups is 2. The van der Waals surface area contributed by atoms with Crippen molar-refractivity contribution >= 4 is 23.4 Å². The third-order valence-electron chi connectivity index (χ3n) is 4.57. The first kappa shape index (κ1) is 24.5. The van der Waals surface area contributed by atoms with Crippen LogP contribution < -0.4 is 14.8 Å². The maximum Gasteiger partial charge on any atom is 0.261 e. The van der Waals surface area contributed by atoms with Gasteiger partial charge >= 0.3 is 0 Å². The first-order valence-electron chi connectivity index (χ1n) is 10.3. The van der Waals surface area contributed by atoms with Gasteiger partial charge in [-0.25, -0.2) is 0 Å². The van der Waals surface area contributed by atoms with Gasteiger partial charge in [0.15, 0.2) is 18.1 Å². The molecule has 1 atom stereocenters. The van der Waals surface area contributed by atoms with Crippen molar-refractivity contribution in [2.24, 2.45) is 0 Å². The quantitative estimate of drug-likeness (QED) is 0.617. The molecular formula is C24H31ClN2O4. The number of ether oxygens (including phenoxy) is 2. The van der Waals surface area contributed by atoms with E-state index in [0.29, 0.717) is 22.9 Å². The molecule has 0 bridgehead atoms. The zero-order chi connectivity index (χ0) is 23.0. The number of nitrogens with one attached hydrogen (secondary N) is 1. The summed E-state index contributed by atoms with van der Waals surface area (Å²) in [7, 11) is 1.54. The van der Waals surface area contributed by atoms with Crippen molar-refractivity contribution in [3.63, 3.8) is 0 Å². The van der Waals surface area contributed by atoms with Gasteiger partial charge in [-0.15, -0.1) is 0 Å². The molecule has 0 spiro atoms. The number of amides is 2. The van der Waals surface area contributed by atoms with Gasteiger partial charge in [0.1, 0.15) is 6.04 Å². The minimum atomic E-state index is -0.635. The van der Waals surface area contributed by atoms with E-state index in [-0.39, 0.29) is 25.0 Å². The summed E-state index contributed by atoms with van der Waals surface area (Å²) in [5, 5.41) is 3.59. The Morgan fingerprint density at radius 1 is 1.06 bits per heavy atom. The molecule has 0 aromatic heterocycles. The van der Waals surface area contributed by atoms with Crippen LogP contribution in [-0.4, -0.2) is 42.0 Å². The summed E-state index contributed by atoms with van der Waals surface area (Å²) in [6, 6.07) is 13.7. The lowest BCUT2D eigenvalue weighted by Gasteiger charge is -2.33. The van der Waals surface area contributed by atoms with Crippen LogP contribution in [0.3, 0.4) is 0 Å². The van der Waals surface area contributed by atoms with Crippen molar-refractivity contribution in [1.29, 1.82) is 0 Å². The fourth-order valence-electron chi connectivity index (χ4n) is 3.12. The van der Waals surface area contributed by atoms with Gasteiger partial charge in [0, 0.05) is 17.1 Å². The zero-order valence-corrected chi connectivity index (χ0v) is 19.5. The highest BCUT2D eigenvalue weighted by atomic mass is 35.5. The van der Waals surface area contributed by atoms with E-state index in [2.05, 4.69) is 5.32 Å². The van der Waals surface area contributed by atoms with Gasteiger partial charge in [-0.2, -0.15) is 0 Å². The van der Waals surface area contributed by atoms with Gasteiger partial charge < -0.3 is 19.7 Å². The van der Waals surface area contributed by atoms with E-state index in [1.807, 2.05) is 45.9 Å². The predicted octanol–water partition coefficient (Wildman–Crippen LogP) is 4.45. The Morgan fingerprint density at radius 2 is 1.68 bits per heavy atom. The number of hydrogen-bond acceptors (Lipinski definition) is 4. The Labute approximate surface area is 189 Å². The van der Waals surface area contributed by atoms with Crippen molar-refractivity contribution in [1.82, 2.24) is 10.2 Å². The monoisotopic (exact) mass is 446 g/mol. The number of halogens is 1. The summed E-state index contributed by atoms with van der Waals surface area (Å²) in [4.78, 5) is 27.7. The van der Waals surface area contributed by atoms with Gasteiger partial charge in [0.05, 0.1) is 7.11 Å². The molecular weight excluding hydrogens is 416 g/mol. The Kier molecular flexibility index (Phi) is 8.75. The number of benzene rings is 2. The van der Waals surface area contributed by atoms with Crippen LogP contribution in [0.2, 0.25) is 5.02 Å². The molecule has 0 aliphatic carbocycles. The lowest BCUT2D eigenvalue weighted by Crippen LogP contribution is -2.54. The lowest BCUT2D eigenvalue weighted by atomic mass is 10.1. The van der Waals surface area contributed by atoms with E-state index < -0.39 is 11.6 Å². The van der Waals surface area contributed by atoms with Crippen molar-refractivity contribution in [3.8, 4) is 11.5 Å². The van der Waals surface area contributed by atoms with Crippen LogP contribution in [0.25, 0.3) is 0 Å². The normalized spacial score (nSPS) is 12.1. The van der Waals surface area contributed by atoms with Crippen LogP contribution in [0, 0.1) is 0 Å². The maximum atomic E-state index is 13.2. The average Bonchev–Trinajstić information content (AvgIpc) is 2.72. The molecule has 1 N–H and O–H groups in total. The minimum Gasteiger partial charge on any atom is -0.493 e. The van der Waals surface area contributed by atoms with E-state index in [9.17, 15) is 9.59 Å². The van der Waals surface area contributed by atoms with E-state index in [4.69, 9.17) is 21.1 Å². The summed E-state index contributed by atoms with van der Waals surface area (Å²) in [5.74, 6) is 0.514. The second-order valence-electron chi connectivity index (χ2n) is 8.25. The Morgan fingerprint density at radius 3 is 2.23 bits per heavy atom. The van der Waals surface area contributed by atoms with Crippen LogP contribution in [0.5, 0.6) is 11.5 Å². The maximum absolute atomic E-state index is 13.2. The van der Waals surface area contributed by atoms with Crippen molar-refractivity contribution in [2.75, 3.05) is 13.7 Å². The third kappa shape index (κ3) is 7.47. The SMILES string of the molecule is CC[C@H](C(=O)NC(C)(C)C)N(Cc1ccc(Cl)cc1)C(=O)COc1ccccc1OC. The second kappa shape index (κ2) is 11.0. The van der Waals surface area contributed by atoms with E-state index in [0.717, 1.165) is 5.56 Å². The van der Waals surface area contributed by atoms with Gasteiger partial charge in [0.2, 0.25) is 5.91 Å². The molecule has 0 saturated heterocycles. The fraction of sp³-hybridized carbons (Fsp3) is 0.417. The van der Waals surface area contributed by atoms with E-state index in [1.165, 1.54) is 0 Å². The van der Waals surface area contributed by atoms with Crippen LogP contribution >= 0.6 is 11.6 Å². The van der Waals surface area contributed by atoms with E-state index in [1.54, 1.807) is 42.3 Å². The molecule has 0 fully saturated rings. The molecule has 7 heteroatoms. The molecule has 0 heterocycles. The number of rotatable bonds is 9. The molecule has 2 rings (SSSR count). The molecule has 2 amide bonds. The van der Waals surface area contributed by atoms with Gasteiger partial charge in [0.25, 0.3) is 5.91 Å². The van der Waals surface area contributed by atoms with Crippen LogP contribution in [0.15, 0.2) is 48.5 Å². The highest BCUT2D eigenvalue weighted by Crippen LogP contribution is 2.26. The molecule has 2 aromatic rings. The predicted molar refractivity (Wildman–Crippen MR) is 122 cm³/mol. The second-order valence-corrected chi connectivity index (χ2v) is 8.69. The highest BCUT2D eigenvalue weighted by molar-refractivity contribution is 6.30. The third-order valence-corrected chi connectivity index (χ3v) is 4.82. The van der Waals surface area contributed by atoms with Gasteiger partial charge in [-0.3, -0.25) is 9.59 Å². The molecule has 0 saturated carbocycles. The molecule has 2 aromatic carbocycles. The number of hydrogen-bond donors (Lipinski definition) is 1. The molecule has 0 aliphatic heterocycles. The highest BCUT2D eigenvalue weighted by Gasteiger charge is 2.31. The van der Waals surface area contributed by atoms with Gasteiger partial charge in [-0.05, 0) is 57.0 Å². The minimum absolute atomic E-state index is 0.199. The lowest BCUT2D eigenvalue weighted by molar-refractivity contribution is -0.143. The van der Waals surface area contributed by atoms with Crippen molar-refractivity contribution in [3.05, 3.63) is 59.1 Å². The summed E-state index contributed by atoms with van der Waals surface area (Å²) in [5.41, 5.74) is 0.463. The van der Waals surface area contributed by atoms with Crippen LogP contribution in [0.4, 0.5) is 0 Å². The van der Waals surface area contributed by atoms with Crippen LogP contribution in [-0.2, 0) is 16.1 Å². The largest absolute Gasteiger partial charge is 0.493 e. The van der Waals surface area contributed by atoms with Crippen molar-refractivity contribution in [2.45, 2.75) is 52.2 Å². The smallest absolute Gasteiger partial charge is 0.261 e. The average molecular weight is 447 g/mol. The molecule has 0 unspecified atom stereocenters. The molecule has 0 radical (unpaired) electrons. The van der Waals surface area contributed by atoms with Crippen molar-refractivity contribution < 1.29 is 19.1 Å². The topological polar surface area (TPSA) is 67.9 Å². The van der Waals surface area contributed by atoms with Crippen LogP contribution in [0.1, 0.15) is 39.7 Å². The number of para-hydroxylation sites is 2. The van der Waals surface area contributed by atoms with Gasteiger partial charge in [-0.1, -0.05) is 42.8 Å². The summed E-state index contributed by atoms with van der Waals surface area (Å²) in [6.45, 7) is 7.67. The number of carbonyl (C=O) groups excluding carboxylic acids is 2. The molecule has 6 nitrogen and oxygen atoms in total. The number of methoxy groups -OCH3 is 1. The summed E-state index contributed by atoms with van der Waals surface area (Å²) >= 11 is 5.99. The summed E-state index contributed by atoms with van der Waals surface area (Å²) < 4.78 is 11.0. The zero-order valence-electron chi connectivity index (χ0n) is 18.8. The first-order valence-corrected chi connectivity index (χ1v) is 10.6. The standard InChI is InChI=1S/C24H31ClN2O4/c1-6-19(23(29)26-24(2,3)4)27(15-17-11-13-18(25)14-12-17)22(28)16-31-21-10-8-7-9-20(21)30-5/h7-14,19H,6,15-16H2,1-5H3,(H,26,29)/t19-/m1/s1. The summed E-state index contributed by atoms with van der Waals surface area (Å²) in [6.07, 6.45) is 0.468. The molecule has 31 heavy (non-hydrogen) atoms. The fourth-order valence-corrected chi connectivity index (χ4v) is 3.25. The first-order chi connectivity index (χ1) is 14.6. The number of nitrogens with zero attached hydrogens (tertiary/aromatic N) is 1. The Hall–Kier alpha value is -2.73. The van der Waals surface area contributed by atoms with E-state index >= 15 is 0 Å². The molecule has 0 aliphatic rings. The molecule has 168 valence electrons.